The van der Waals surface area contributed by atoms with Crippen LogP contribution in [0.15, 0.2) is 133 Å². The van der Waals surface area contributed by atoms with Gasteiger partial charge in [-0.25, -0.2) is 0 Å². The van der Waals surface area contributed by atoms with Gasteiger partial charge >= 0.3 is 0 Å². The van der Waals surface area contributed by atoms with Crippen LogP contribution in [0.5, 0.6) is 46.0 Å². The highest BCUT2D eigenvalue weighted by Gasteiger charge is 2.36. The first-order valence-corrected chi connectivity index (χ1v) is 23.5. The number of fused-ring (bicyclic) bond motifs is 8. The molecular formula is C62H60O8. The Morgan fingerprint density at radius 2 is 0.529 bits per heavy atom. The van der Waals surface area contributed by atoms with Gasteiger partial charge in [0, 0.05) is 92.4 Å². The second-order valence-electron chi connectivity index (χ2n) is 18.9. The Morgan fingerprint density at radius 1 is 0.271 bits per heavy atom. The molecule has 0 fully saturated rings. The van der Waals surface area contributed by atoms with E-state index in [2.05, 4.69) is 64.1 Å². The number of aryl methyl sites for hydroxylation is 6. The monoisotopic (exact) mass is 932 g/mol. The van der Waals surface area contributed by atoms with Crippen LogP contribution in [-0.2, 0) is 0 Å². The molecule has 0 heterocycles. The zero-order valence-electron chi connectivity index (χ0n) is 41.4. The first kappa shape index (κ1) is 47.2. The topological polar surface area (TPSA) is 118 Å². The Hall–Kier alpha value is -7.84. The summed E-state index contributed by atoms with van der Waals surface area (Å²) in [5, 5.41) is 49.9. The molecule has 8 aromatic rings. The molecule has 0 radical (unpaired) electrons. The van der Waals surface area contributed by atoms with Crippen molar-refractivity contribution in [3.05, 3.63) is 234 Å². The average molecular weight is 933 g/mol. The summed E-state index contributed by atoms with van der Waals surface area (Å²) < 4.78 is 25.0. The third-order valence-corrected chi connectivity index (χ3v) is 14.3. The van der Waals surface area contributed by atoms with Crippen LogP contribution in [0.1, 0.15) is 124 Å². The Kier molecular flexibility index (Phi) is 12.8. The second-order valence-corrected chi connectivity index (χ2v) is 18.9. The van der Waals surface area contributed by atoms with Gasteiger partial charge in [0.1, 0.15) is 46.0 Å². The quantitative estimate of drug-likeness (QED) is 0.119. The van der Waals surface area contributed by atoms with Gasteiger partial charge in [0.05, 0.1) is 28.4 Å². The van der Waals surface area contributed by atoms with E-state index in [1.54, 1.807) is 52.7 Å². The van der Waals surface area contributed by atoms with Crippen molar-refractivity contribution in [2.24, 2.45) is 0 Å². The molecular weight excluding hydrogens is 873 g/mol. The zero-order valence-corrected chi connectivity index (χ0v) is 41.4. The Labute approximate surface area is 411 Å². The van der Waals surface area contributed by atoms with Crippen LogP contribution in [0.2, 0.25) is 0 Å². The number of aromatic hydroxyl groups is 4. The molecule has 0 aromatic heterocycles. The molecule has 0 saturated heterocycles. The lowest BCUT2D eigenvalue weighted by Gasteiger charge is -2.31. The molecule has 356 valence electrons. The van der Waals surface area contributed by atoms with Crippen LogP contribution in [0, 0.1) is 41.5 Å². The highest BCUT2D eigenvalue weighted by molar-refractivity contribution is 5.68. The van der Waals surface area contributed by atoms with Crippen LogP contribution >= 0.6 is 0 Å². The van der Waals surface area contributed by atoms with Gasteiger partial charge in [-0.05, 0) is 99.2 Å². The molecule has 70 heavy (non-hydrogen) atoms. The summed E-state index contributed by atoms with van der Waals surface area (Å²) >= 11 is 0. The minimum absolute atomic E-state index is 0.0305. The van der Waals surface area contributed by atoms with E-state index in [0.29, 0.717) is 67.5 Å². The average Bonchev–Trinajstić information content (AvgIpc) is 3.34. The fraction of sp³-hybridized carbons (Fsp3) is 0.226. The fourth-order valence-corrected chi connectivity index (χ4v) is 10.8. The molecule has 0 aliphatic heterocycles. The van der Waals surface area contributed by atoms with E-state index in [-0.39, 0.29) is 23.0 Å². The zero-order chi connectivity index (χ0) is 49.7. The van der Waals surface area contributed by atoms with Gasteiger partial charge in [0.25, 0.3) is 0 Å². The number of ether oxygens (including phenoxy) is 4. The summed E-state index contributed by atoms with van der Waals surface area (Å²) in [6, 6.07) is 43.5. The van der Waals surface area contributed by atoms with Gasteiger partial charge in [-0.1, -0.05) is 107 Å². The number of rotatable bonds is 8. The molecule has 8 bridgehead atoms. The Balaban J connectivity index is 1.53. The van der Waals surface area contributed by atoms with Crippen molar-refractivity contribution in [1.82, 2.24) is 0 Å². The Morgan fingerprint density at radius 3 is 0.771 bits per heavy atom. The van der Waals surface area contributed by atoms with E-state index in [4.69, 9.17) is 18.9 Å². The first-order valence-electron chi connectivity index (χ1n) is 23.5. The summed E-state index contributed by atoms with van der Waals surface area (Å²) in [7, 11) is 6.36. The van der Waals surface area contributed by atoms with Gasteiger partial charge in [0.2, 0.25) is 0 Å². The highest BCUT2D eigenvalue weighted by atomic mass is 16.5. The molecule has 0 saturated carbocycles. The van der Waals surface area contributed by atoms with Gasteiger partial charge in [-0.15, -0.1) is 0 Å². The third kappa shape index (κ3) is 8.42. The standard InChI is InChI=1S/C62H60O8/c1-33-11-17-39(18-12-33)59-43-25-47(55(67-7)29-51(43)63)61(41-21-15-35(3)23-37(41)5)49-27-45(53(65)31-57(49)69-9)60(40-19-13-34(2)14-20-40)46-28-50(58(70-10)32-54(46)66)62(42-22-16-36(4)24-38(42)6)48-26-44(59)52(64)30-56(48)68-8/h11-32,59-66H,1-10H3. The maximum Gasteiger partial charge on any atom is 0.126 e. The molecule has 4 N–H and O–H groups in total. The number of methoxy groups -OCH3 is 4. The summed E-state index contributed by atoms with van der Waals surface area (Å²) in [6.45, 7) is 12.3. The normalized spacial score (nSPS) is 16.4. The smallest absolute Gasteiger partial charge is 0.126 e. The molecule has 0 spiro atoms. The Bertz CT molecular complexity index is 2940. The second kappa shape index (κ2) is 18.9. The van der Waals surface area contributed by atoms with Gasteiger partial charge < -0.3 is 39.4 Å². The molecule has 0 atom stereocenters. The lowest BCUT2D eigenvalue weighted by molar-refractivity contribution is 0.393. The lowest BCUT2D eigenvalue weighted by Crippen LogP contribution is -2.15. The maximum absolute atomic E-state index is 12.5. The van der Waals surface area contributed by atoms with Crippen molar-refractivity contribution >= 4 is 0 Å². The van der Waals surface area contributed by atoms with E-state index in [0.717, 1.165) is 55.6 Å². The van der Waals surface area contributed by atoms with Crippen LogP contribution in [0.4, 0.5) is 0 Å². The molecule has 1 aliphatic carbocycles. The van der Waals surface area contributed by atoms with Crippen molar-refractivity contribution in [3.63, 3.8) is 0 Å². The van der Waals surface area contributed by atoms with Crippen LogP contribution in [0.25, 0.3) is 0 Å². The largest absolute Gasteiger partial charge is 0.507 e. The molecule has 1 aliphatic rings. The molecule has 8 aromatic carbocycles. The van der Waals surface area contributed by atoms with Crippen molar-refractivity contribution in [2.45, 2.75) is 65.2 Å². The molecule has 0 unspecified atom stereocenters. The molecule has 8 nitrogen and oxygen atoms in total. The summed E-state index contributed by atoms with van der Waals surface area (Å²) in [6.07, 6.45) is 0. The molecule has 9 rings (SSSR count). The van der Waals surface area contributed by atoms with Crippen molar-refractivity contribution < 1.29 is 39.4 Å². The van der Waals surface area contributed by atoms with Gasteiger partial charge in [0.15, 0.2) is 0 Å². The van der Waals surface area contributed by atoms with Crippen LogP contribution in [-0.4, -0.2) is 48.9 Å². The minimum atomic E-state index is -0.734. The minimum Gasteiger partial charge on any atom is -0.507 e. The number of hydrogen-bond acceptors (Lipinski definition) is 8. The van der Waals surface area contributed by atoms with E-state index in [1.807, 2.05) is 86.6 Å². The van der Waals surface area contributed by atoms with Crippen LogP contribution in [0.3, 0.4) is 0 Å². The van der Waals surface area contributed by atoms with Gasteiger partial charge in [-0.2, -0.15) is 0 Å². The van der Waals surface area contributed by atoms with E-state index < -0.39 is 23.7 Å². The van der Waals surface area contributed by atoms with E-state index in [9.17, 15) is 20.4 Å². The molecule has 0 amide bonds. The van der Waals surface area contributed by atoms with Crippen molar-refractivity contribution in [2.75, 3.05) is 28.4 Å². The SMILES string of the molecule is COc1cc(O)c2cc1C(c1ccc(C)cc1C)c1cc(c(O)cc1OC)C(c1ccc(C)cc1)c1cc(c(OC)cc1O)C(c1ccc(C)cc1C)c1cc(c(O)cc1OC)C2c1ccc(C)cc1. The predicted molar refractivity (Wildman–Crippen MR) is 277 cm³/mol. The number of phenolic OH excluding ortho intramolecular Hbond substituents is 4. The van der Waals surface area contributed by atoms with Crippen molar-refractivity contribution in [3.8, 4) is 46.0 Å². The van der Waals surface area contributed by atoms with Gasteiger partial charge in [-0.3, -0.25) is 0 Å². The highest BCUT2D eigenvalue weighted by Crippen LogP contribution is 2.54. The number of hydrogen-bond donors (Lipinski definition) is 4. The lowest BCUT2D eigenvalue weighted by atomic mass is 9.74. The fourth-order valence-electron chi connectivity index (χ4n) is 10.8. The van der Waals surface area contributed by atoms with E-state index in [1.165, 1.54) is 0 Å². The maximum atomic E-state index is 12.5. The summed E-state index contributed by atoms with van der Waals surface area (Å²) in [5.74, 6) is -1.11. The summed E-state index contributed by atoms with van der Waals surface area (Å²) in [4.78, 5) is 0. The van der Waals surface area contributed by atoms with Crippen LogP contribution < -0.4 is 18.9 Å². The first-order chi connectivity index (χ1) is 33.6. The molecule has 8 heteroatoms. The predicted octanol–water partition coefficient (Wildman–Crippen LogP) is 13.4. The number of benzene rings is 8. The number of phenols is 4. The van der Waals surface area contributed by atoms with Crippen molar-refractivity contribution in [1.29, 1.82) is 0 Å². The van der Waals surface area contributed by atoms with E-state index >= 15 is 0 Å². The third-order valence-electron chi connectivity index (χ3n) is 14.3. The summed E-state index contributed by atoms with van der Waals surface area (Å²) in [5.41, 5.74) is 14.8.